The highest BCUT2D eigenvalue weighted by atomic mass is 19.1. The van der Waals surface area contributed by atoms with E-state index in [-0.39, 0.29) is 12.1 Å². The van der Waals surface area contributed by atoms with Gasteiger partial charge in [0.2, 0.25) is 0 Å². The number of esters is 1. The second-order valence-corrected chi connectivity index (χ2v) is 6.38. The van der Waals surface area contributed by atoms with E-state index in [2.05, 4.69) is 10.6 Å². The summed E-state index contributed by atoms with van der Waals surface area (Å²) in [5, 5.41) is 5.12. The molecule has 3 rings (SSSR count). The van der Waals surface area contributed by atoms with Crippen LogP contribution >= 0.6 is 0 Å². The van der Waals surface area contributed by atoms with Gasteiger partial charge in [-0.05, 0) is 43.7 Å². The van der Waals surface area contributed by atoms with Crippen LogP contribution in [-0.2, 0) is 19.1 Å². The third kappa shape index (κ3) is 4.46. The molecule has 0 fully saturated rings. The Kier molecular flexibility index (Phi) is 5.58. The highest BCUT2D eigenvalue weighted by Gasteiger charge is 2.31. The Hall–Kier alpha value is -3.42. The first-order chi connectivity index (χ1) is 13.3. The molecule has 8 heteroatoms. The molecular formula is C20H19FN2O5. The van der Waals surface area contributed by atoms with E-state index in [0.717, 1.165) is 0 Å². The number of carbonyl (C=O) groups excluding carboxylic acids is 3. The van der Waals surface area contributed by atoms with Gasteiger partial charge < -0.3 is 20.1 Å². The van der Waals surface area contributed by atoms with E-state index in [4.69, 9.17) is 9.47 Å². The second kappa shape index (κ2) is 8.08. The van der Waals surface area contributed by atoms with Crippen molar-refractivity contribution in [3.63, 3.8) is 0 Å². The maximum Gasteiger partial charge on any atom is 0.310 e. The average molecular weight is 386 g/mol. The van der Waals surface area contributed by atoms with Gasteiger partial charge in [0.1, 0.15) is 11.6 Å². The van der Waals surface area contributed by atoms with Gasteiger partial charge in [-0.1, -0.05) is 18.2 Å². The standard InChI is InChI=1S/C20H19FN2O5/c1-11-7-8-13(9-14(11)21)22-19(25)12(2)27-18(24)10-17-20(26)23-15-5-3-4-6-16(15)28-17/h3-9,12,17H,10H2,1-2H3,(H,22,25)(H,23,26)/t12-,17-/m1/s1. The number of ether oxygens (including phenoxy) is 2. The van der Waals surface area contributed by atoms with Crippen LogP contribution in [0.2, 0.25) is 0 Å². The molecule has 0 aliphatic carbocycles. The Morgan fingerprint density at radius 2 is 2.04 bits per heavy atom. The highest BCUT2D eigenvalue weighted by molar-refractivity contribution is 6.00. The lowest BCUT2D eigenvalue weighted by molar-refractivity contribution is -0.155. The summed E-state index contributed by atoms with van der Waals surface area (Å²) in [5.74, 6) is -1.86. The zero-order chi connectivity index (χ0) is 20.3. The van der Waals surface area contributed by atoms with Gasteiger partial charge in [0, 0.05) is 5.69 Å². The van der Waals surface area contributed by atoms with Gasteiger partial charge in [-0.15, -0.1) is 0 Å². The maximum absolute atomic E-state index is 13.6. The van der Waals surface area contributed by atoms with E-state index < -0.39 is 35.8 Å². The Labute approximate surface area is 160 Å². The molecule has 2 N–H and O–H groups in total. The number of amides is 2. The van der Waals surface area contributed by atoms with Gasteiger partial charge in [-0.25, -0.2) is 4.39 Å². The molecule has 28 heavy (non-hydrogen) atoms. The van der Waals surface area contributed by atoms with E-state index in [1.807, 2.05) is 0 Å². The van der Waals surface area contributed by atoms with Crippen LogP contribution in [0.15, 0.2) is 42.5 Å². The quantitative estimate of drug-likeness (QED) is 0.771. The van der Waals surface area contributed by atoms with Crippen molar-refractivity contribution in [1.82, 2.24) is 0 Å². The molecule has 0 saturated heterocycles. The normalized spacial score (nSPS) is 16.2. The number of hydrogen-bond donors (Lipinski definition) is 2. The molecule has 1 heterocycles. The third-order valence-electron chi connectivity index (χ3n) is 4.18. The van der Waals surface area contributed by atoms with Crippen LogP contribution in [0.1, 0.15) is 18.9 Å². The van der Waals surface area contributed by atoms with Gasteiger partial charge in [0.15, 0.2) is 12.2 Å². The Balaban J connectivity index is 1.54. The van der Waals surface area contributed by atoms with Gasteiger partial charge >= 0.3 is 5.97 Å². The molecule has 7 nitrogen and oxygen atoms in total. The van der Waals surface area contributed by atoms with Crippen molar-refractivity contribution in [2.45, 2.75) is 32.5 Å². The van der Waals surface area contributed by atoms with Crippen LogP contribution in [0, 0.1) is 12.7 Å². The summed E-state index contributed by atoms with van der Waals surface area (Å²) in [4.78, 5) is 36.3. The molecular weight excluding hydrogens is 367 g/mol. The lowest BCUT2D eigenvalue weighted by Gasteiger charge is -2.25. The second-order valence-electron chi connectivity index (χ2n) is 6.38. The first-order valence-electron chi connectivity index (χ1n) is 8.66. The number of fused-ring (bicyclic) bond motifs is 1. The monoisotopic (exact) mass is 386 g/mol. The van der Waals surface area contributed by atoms with E-state index in [9.17, 15) is 18.8 Å². The molecule has 0 spiro atoms. The van der Waals surface area contributed by atoms with Crippen LogP contribution < -0.4 is 15.4 Å². The summed E-state index contributed by atoms with van der Waals surface area (Å²) < 4.78 is 24.1. The van der Waals surface area contributed by atoms with E-state index in [0.29, 0.717) is 17.0 Å². The fraction of sp³-hybridized carbons (Fsp3) is 0.250. The summed E-state index contributed by atoms with van der Waals surface area (Å²) in [7, 11) is 0. The maximum atomic E-state index is 13.6. The summed E-state index contributed by atoms with van der Waals surface area (Å²) >= 11 is 0. The first-order valence-corrected chi connectivity index (χ1v) is 8.66. The zero-order valence-corrected chi connectivity index (χ0v) is 15.3. The zero-order valence-electron chi connectivity index (χ0n) is 15.3. The minimum Gasteiger partial charge on any atom is -0.478 e. The SMILES string of the molecule is Cc1ccc(NC(=O)[C@@H](C)OC(=O)C[C@H]2Oc3ccccc3NC2=O)cc1F. The number of para-hydroxylation sites is 2. The van der Waals surface area contributed by atoms with E-state index in [1.54, 1.807) is 37.3 Å². The van der Waals surface area contributed by atoms with Crippen LogP contribution in [0.25, 0.3) is 0 Å². The summed E-state index contributed by atoms with van der Waals surface area (Å²) in [6, 6.07) is 11.1. The predicted octanol–water partition coefficient (Wildman–Crippen LogP) is 2.79. The largest absolute Gasteiger partial charge is 0.478 e. The van der Waals surface area contributed by atoms with Gasteiger partial charge in [0.25, 0.3) is 11.8 Å². The van der Waals surface area contributed by atoms with Crippen molar-refractivity contribution in [1.29, 1.82) is 0 Å². The lowest BCUT2D eigenvalue weighted by Crippen LogP contribution is -2.40. The average Bonchev–Trinajstić information content (AvgIpc) is 2.65. The number of carbonyl (C=O) groups is 3. The van der Waals surface area contributed by atoms with Gasteiger partial charge in [-0.2, -0.15) is 0 Å². The Morgan fingerprint density at radius 1 is 1.29 bits per heavy atom. The molecule has 1 aliphatic heterocycles. The fourth-order valence-corrected chi connectivity index (χ4v) is 2.59. The molecule has 0 aromatic heterocycles. The van der Waals surface area contributed by atoms with E-state index >= 15 is 0 Å². The minimum absolute atomic E-state index is 0.252. The number of hydrogen-bond acceptors (Lipinski definition) is 5. The number of anilines is 2. The molecule has 2 amide bonds. The predicted molar refractivity (Wildman–Crippen MR) is 99.4 cm³/mol. The number of benzene rings is 2. The highest BCUT2D eigenvalue weighted by Crippen LogP contribution is 2.29. The lowest BCUT2D eigenvalue weighted by atomic mass is 10.1. The van der Waals surface area contributed by atoms with Gasteiger partial charge in [0.05, 0.1) is 12.1 Å². The van der Waals surface area contributed by atoms with Crippen molar-refractivity contribution >= 4 is 29.2 Å². The fourth-order valence-electron chi connectivity index (χ4n) is 2.59. The van der Waals surface area contributed by atoms with E-state index in [1.165, 1.54) is 19.1 Å². The number of rotatable bonds is 5. The molecule has 0 saturated carbocycles. The van der Waals surface area contributed by atoms with Crippen molar-refractivity contribution in [2.24, 2.45) is 0 Å². The van der Waals surface area contributed by atoms with Crippen LogP contribution in [0.3, 0.4) is 0 Å². The van der Waals surface area contributed by atoms with Crippen molar-refractivity contribution in [3.8, 4) is 5.75 Å². The molecule has 1 aliphatic rings. The molecule has 0 radical (unpaired) electrons. The smallest absolute Gasteiger partial charge is 0.310 e. The molecule has 0 bridgehead atoms. The molecule has 2 aromatic carbocycles. The Morgan fingerprint density at radius 3 is 2.79 bits per heavy atom. The van der Waals surface area contributed by atoms with Crippen LogP contribution in [-0.4, -0.2) is 30.0 Å². The van der Waals surface area contributed by atoms with Crippen molar-refractivity contribution in [3.05, 3.63) is 53.8 Å². The summed E-state index contributed by atoms with van der Waals surface area (Å²) in [6.45, 7) is 2.99. The molecule has 0 unspecified atom stereocenters. The number of aryl methyl sites for hydroxylation is 1. The number of nitrogens with one attached hydrogen (secondary N) is 2. The molecule has 146 valence electrons. The van der Waals surface area contributed by atoms with Crippen molar-refractivity contribution < 1.29 is 28.2 Å². The molecule has 2 atom stereocenters. The topological polar surface area (TPSA) is 93.7 Å². The third-order valence-corrected chi connectivity index (χ3v) is 4.18. The summed E-state index contributed by atoms with van der Waals surface area (Å²) in [6.07, 6.45) is -2.53. The molecule has 2 aromatic rings. The van der Waals surface area contributed by atoms with Crippen molar-refractivity contribution in [2.75, 3.05) is 10.6 Å². The minimum atomic E-state index is -1.13. The summed E-state index contributed by atoms with van der Waals surface area (Å²) in [5.41, 5.74) is 1.22. The van der Waals surface area contributed by atoms with Crippen LogP contribution in [0.4, 0.5) is 15.8 Å². The van der Waals surface area contributed by atoms with Gasteiger partial charge in [-0.3, -0.25) is 14.4 Å². The Bertz CT molecular complexity index is 931. The van der Waals surface area contributed by atoms with Crippen LogP contribution in [0.5, 0.6) is 5.75 Å². The number of halogens is 1. The first kappa shape index (κ1) is 19.3.